The van der Waals surface area contributed by atoms with Gasteiger partial charge in [-0.3, -0.25) is 9.79 Å². The van der Waals surface area contributed by atoms with Gasteiger partial charge in [0.1, 0.15) is 5.75 Å². The van der Waals surface area contributed by atoms with Gasteiger partial charge in [-0.2, -0.15) is 0 Å². The largest absolute Gasteiger partial charge is 0.497 e. The molecule has 19 heavy (non-hydrogen) atoms. The molecule has 0 aliphatic carbocycles. The third kappa shape index (κ3) is 3.71. The average Bonchev–Trinajstić information content (AvgIpc) is 2.86. The second-order valence-electron chi connectivity index (χ2n) is 4.59. The Morgan fingerprint density at radius 3 is 2.79 bits per heavy atom. The Bertz CT molecular complexity index is 468. The van der Waals surface area contributed by atoms with E-state index in [1.54, 1.807) is 7.11 Å². The monoisotopic (exact) mass is 261 g/mol. The van der Waals surface area contributed by atoms with E-state index in [4.69, 9.17) is 4.74 Å². The molecule has 0 aromatic heterocycles. The van der Waals surface area contributed by atoms with E-state index in [-0.39, 0.29) is 11.9 Å². The van der Waals surface area contributed by atoms with Gasteiger partial charge >= 0.3 is 0 Å². The van der Waals surface area contributed by atoms with E-state index in [1.807, 2.05) is 31.2 Å². The molecule has 0 saturated heterocycles. The SMILES string of the molecule is COc1ccc(CCNC(=O)C2=NCC(C)N2)cc1. The van der Waals surface area contributed by atoms with Gasteiger partial charge in [0.25, 0.3) is 5.91 Å². The molecule has 102 valence electrons. The lowest BCUT2D eigenvalue weighted by Crippen LogP contribution is -2.40. The van der Waals surface area contributed by atoms with Crippen molar-refractivity contribution >= 4 is 11.7 Å². The highest BCUT2D eigenvalue weighted by Gasteiger charge is 2.18. The van der Waals surface area contributed by atoms with E-state index >= 15 is 0 Å². The van der Waals surface area contributed by atoms with Gasteiger partial charge < -0.3 is 15.4 Å². The van der Waals surface area contributed by atoms with Crippen molar-refractivity contribution in [2.75, 3.05) is 20.2 Å². The minimum absolute atomic E-state index is 0.127. The predicted octanol–water partition coefficient (Wildman–Crippen LogP) is 0.744. The Labute approximate surface area is 113 Å². The zero-order valence-corrected chi connectivity index (χ0v) is 11.3. The first kappa shape index (κ1) is 13.4. The lowest BCUT2D eigenvalue weighted by Gasteiger charge is -2.07. The van der Waals surface area contributed by atoms with Crippen molar-refractivity contribution in [2.45, 2.75) is 19.4 Å². The molecule has 2 rings (SSSR count). The van der Waals surface area contributed by atoms with E-state index in [1.165, 1.54) is 0 Å². The van der Waals surface area contributed by atoms with Crippen LogP contribution in [-0.2, 0) is 11.2 Å². The van der Waals surface area contributed by atoms with Crippen LogP contribution in [0.2, 0.25) is 0 Å². The first-order valence-electron chi connectivity index (χ1n) is 6.41. The average molecular weight is 261 g/mol. The highest BCUT2D eigenvalue weighted by atomic mass is 16.5. The summed E-state index contributed by atoms with van der Waals surface area (Å²) in [6.45, 7) is 3.27. The first-order valence-corrected chi connectivity index (χ1v) is 6.41. The summed E-state index contributed by atoms with van der Waals surface area (Å²) in [4.78, 5) is 15.9. The molecule has 5 nitrogen and oxygen atoms in total. The van der Waals surface area contributed by atoms with Crippen molar-refractivity contribution in [3.63, 3.8) is 0 Å². The van der Waals surface area contributed by atoms with E-state index in [2.05, 4.69) is 15.6 Å². The molecule has 1 aliphatic heterocycles. The number of amides is 1. The molecule has 0 radical (unpaired) electrons. The van der Waals surface area contributed by atoms with Gasteiger partial charge in [-0.25, -0.2) is 0 Å². The fourth-order valence-corrected chi connectivity index (χ4v) is 1.89. The number of hydrogen-bond acceptors (Lipinski definition) is 4. The number of carbonyl (C=O) groups excluding carboxylic acids is 1. The van der Waals surface area contributed by atoms with Gasteiger partial charge in [0.2, 0.25) is 0 Å². The Balaban J connectivity index is 1.75. The fourth-order valence-electron chi connectivity index (χ4n) is 1.89. The summed E-state index contributed by atoms with van der Waals surface area (Å²) in [6.07, 6.45) is 0.790. The van der Waals surface area contributed by atoms with Crippen molar-refractivity contribution in [1.82, 2.24) is 10.6 Å². The maximum Gasteiger partial charge on any atom is 0.286 e. The number of benzene rings is 1. The summed E-state index contributed by atoms with van der Waals surface area (Å²) in [6, 6.07) is 8.09. The van der Waals surface area contributed by atoms with Crippen LogP contribution in [-0.4, -0.2) is 38.0 Å². The van der Waals surface area contributed by atoms with Crippen LogP contribution < -0.4 is 15.4 Å². The van der Waals surface area contributed by atoms with Crippen LogP contribution in [0.1, 0.15) is 12.5 Å². The van der Waals surface area contributed by atoms with Crippen molar-refractivity contribution in [3.05, 3.63) is 29.8 Å². The van der Waals surface area contributed by atoms with Gasteiger partial charge in [-0.05, 0) is 31.0 Å². The Morgan fingerprint density at radius 2 is 2.21 bits per heavy atom. The van der Waals surface area contributed by atoms with Gasteiger partial charge in [0.15, 0.2) is 5.84 Å². The molecule has 0 saturated carbocycles. The van der Waals surface area contributed by atoms with Crippen molar-refractivity contribution in [1.29, 1.82) is 0 Å². The molecular weight excluding hydrogens is 242 g/mol. The Kier molecular flexibility index (Phi) is 4.39. The lowest BCUT2D eigenvalue weighted by atomic mass is 10.1. The number of methoxy groups -OCH3 is 1. The van der Waals surface area contributed by atoms with Crippen LogP contribution in [0.25, 0.3) is 0 Å². The van der Waals surface area contributed by atoms with E-state index < -0.39 is 0 Å². The van der Waals surface area contributed by atoms with Crippen LogP contribution in [0.5, 0.6) is 5.75 Å². The van der Waals surface area contributed by atoms with Crippen LogP contribution in [0.4, 0.5) is 0 Å². The molecule has 1 aliphatic rings. The number of hydrogen-bond donors (Lipinski definition) is 2. The second kappa shape index (κ2) is 6.22. The molecule has 0 bridgehead atoms. The number of carbonyl (C=O) groups is 1. The zero-order valence-electron chi connectivity index (χ0n) is 11.3. The molecule has 5 heteroatoms. The van der Waals surface area contributed by atoms with Gasteiger partial charge in [-0.15, -0.1) is 0 Å². The normalized spacial score (nSPS) is 17.6. The van der Waals surface area contributed by atoms with E-state index in [0.717, 1.165) is 17.7 Å². The van der Waals surface area contributed by atoms with Crippen LogP contribution >= 0.6 is 0 Å². The van der Waals surface area contributed by atoms with Crippen LogP contribution in [0, 0.1) is 0 Å². The predicted molar refractivity (Wildman–Crippen MR) is 74.6 cm³/mol. The molecule has 2 N–H and O–H groups in total. The number of ether oxygens (including phenoxy) is 1. The summed E-state index contributed by atoms with van der Waals surface area (Å²) in [5, 5.41) is 5.90. The van der Waals surface area contributed by atoms with Gasteiger partial charge in [0, 0.05) is 12.6 Å². The first-order chi connectivity index (χ1) is 9.19. The molecule has 1 aromatic rings. The molecule has 0 spiro atoms. The molecule has 1 heterocycles. The van der Waals surface area contributed by atoms with Crippen molar-refractivity contribution < 1.29 is 9.53 Å². The smallest absolute Gasteiger partial charge is 0.286 e. The fraction of sp³-hybridized carbons (Fsp3) is 0.429. The minimum Gasteiger partial charge on any atom is -0.497 e. The zero-order chi connectivity index (χ0) is 13.7. The summed E-state index contributed by atoms with van der Waals surface area (Å²) < 4.78 is 5.10. The quantitative estimate of drug-likeness (QED) is 0.822. The van der Waals surface area contributed by atoms with Crippen molar-refractivity contribution in [3.8, 4) is 5.75 Å². The molecular formula is C14H19N3O2. The molecule has 1 aromatic carbocycles. The topological polar surface area (TPSA) is 62.7 Å². The van der Waals surface area contributed by atoms with Crippen molar-refractivity contribution in [2.24, 2.45) is 4.99 Å². The standard InChI is InChI=1S/C14H19N3O2/c1-10-9-16-13(17-10)14(18)15-8-7-11-3-5-12(19-2)6-4-11/h3-6,10H,7-9H2,1-2H3,(H,15,18)(H,16,17). The third-order valence-corrected chi connectivity index (χ3v) is 2.98. The minimum atomic E-state index is -0.127. The maximum absolute atomic E-state index is 11.8. The Morgan fingerprint density at radius 1 is 1.47 bits per heavy atom. The third-order valence-electron chi connectivity index (χ3n) is 2.98. The summed E-state index contributed by atoms with van der Waals surface area (Å²) in [7, 11) is 1.64. The second-order valence-corrected chi connectivity index (χ2v) is 4.59. The van der Waals surface area contributed by atoms with Gasteiger partial charge in [0.05, 0.1) is 13.7 Å². The van der Waals surface area contributed by atoms with Crippen LogP contribution in [0.3, 0.4) is 0 Å². The Hall–Kier alpha value is -2.04. The molecule has 0 fully saturated rings. The number of nitrogens with one attached hydrogen (secondary N) is 2. The van der Waals surface area contributed by atoms with E-state index in [0.29, 0.717) is 18.9 Å². The highest BCUT2D eigenvalue weighted by Crippen LogP contribution is 2.11. The summed E-state index contributed by atoms with van der Waals surface area (Å²) in [5.41, 5.74) is 1.16. The van der Waals surface area contributed by atoms with E-state index in [9.17, 15) is 4.79 Å². The lowest BCUT2D eigenvalue weighted by molar-refractivity contribution is -0.114. The summed E-state index contributed by atoms with van der Waals surface area (Å²) in [5.74, 6) is 1.16. The highest BCUT2D eigenvalue weighted by molar-refractivity contribution is 6.38. The summed E-state index contributed by atoms with van der Waals surface area (Å²) >= 11 is 0. The number of amidine groups is 1. The van der Waals surface area contributed by atoms with Crippen LogP contribution in [0.15, 0.2) is 29.3 Å². The molecule has 1 unspecified atom stereocenters. The number of aliphatic imine (C=N–C) groups is 1. The molecule has 1 amide bonds. The van der Waals surface area contributed by atoms with Gasteiger partial charge in [-0.1, -0.05) is 12.1 Å². The maximum atomic E-state index is 11.8. The number of rotatable bonds is 5. The number of nitrogens with zero attached hydrogens (tertiary/aromatic N) is 1. The molecule has 1 atom stereocenters.